The van der Waals surface area contributed by atoms with Crippen LogP contribution in [0.4, 0.5) is 0 Å². The molecule has 0 spiro atoms. The van der Waals surface area contributed by atoms with Gasteiger partial charge in [-0.15, -0.1) is 0 Å². The maximum Gasteiger partial charge on any atom is 0.161 e. The Kier molecular flexibility index (Phi) is 6.49. The molecule has 0 heterocycles. The summed E-state index contributed by atoms with van der Waals surface area (Å²) in [6, 6.07) is 13.7. The first-order chi connectivity index (χ1) is 11.7. The number of nitrogens with zero attached hydrogens (tertiary/aromatic N) is 1. The van der Waals surface area contributed by atoms with Crippen LogP contribution in [0.2, 0.25) is 0 Å². The second-order valence-electron chi connectivity index (χ2n) is 5.18. The Hall–Kier alpha value is -2.69. The summed E-state index contributed by atoms with van der Waals surface area (Å²) in [5.41, 5.74) is 6.12. The number of rotatable bonds is 8. The molecular weight excluding hydrogens is 304 g/mol. The van der Waals surface area contributed by atoms with Gasteiger partial charge in [0.05, 0.1) is 33.1 Å². The lowest BCUT2D eigenvalue weighted by molar-refractivity contribution is 0.340. The van der Waals surface area contributed by atoms with Crippen molar-refractivity contribution in [2.75, 3.05) is 20.8 Å². The Morgan fingerprint density at radius 2 is 1.71 bits per heavy atom. The molecule has 2 aromatic rings. The smallest absolute Gasteiger partial charge is 0.161 e. The van der Waals surface area contributed by atoms with Gasteiger partial charge in [-0.2, -0.15) is 5.10 Å². The zero-order valence-electron chi connectivity index (χ0n) is 14.6. The van der Waals surface area contributed by atoms with Crippen molar-refractivity contribution in [2.24, 2.45) is 5.10 Å². The topological polar surface area (TPSA) is 52.1 Å². The van der Waals surface area contributed by atoms with E-state index in [2.05, 4.69) is 10.5 Å². The molecule has 0 radical (unpaired) electrons. The van der Waals surface area contributed by atoms with Crippen LogP contribution in [-0.2, 0) is 6.54 Å². The van der Waals surface area contributed by atoms with Crippen molar-refractivity contribution in [3.05, 3.63) is 53.6 Å². The van der Waals surface area contributed by atoms with E-state index in [1.807, 2.05) is 56.3 Å². The molecule has 2 rings (SSSR count). The van der Waals surface area contributed by atoms with E-state index in [1.165, 1.54) is 0 Å². The molecule has 0 saturated carbocycles. The van der Waals surface area contributed by atoms with Gasteiger partial charge in [0.15, 0.2) is 11.5 Å². The molecule has 0 unspecified atom stereocenters. The summed E-state index contributed by atoms with van der Waals surface area (Å²) in [5.74, 6) is 2.30. The molecule has 0 aliphatic rings. The van der Waals surface area contributed by atoms with Crippen molar-refractivity contribution >= 4 is 5.71 Å². The van der Waals surface area contributed by atoms with Crippen LogP contribution >= 0.6 is 0 Å². The van der Waals surface area contributed by atoms with E-state index in [-0.39, 0.29) is 0 Å². The van der Waals surface area contributed by atoms with Crippen molar-refractivity contribution in [3.8, 4) is 17.2 Å². The largest absolute Gasteiger partial charge is 0.494 e. The van der Waals surface area contributed by atoms with E-state index < -0.39 is 0 Å². The Morgan fingerprint density at radius 1 is 1.00 bits per heavy atom. The average molecular weight is 328 g/mol. The molecule has 0 aliphatic carbocycles. The predicted molar refractivity (Wildman–Crippen MR) is 96.2 cm³/mol. The predicted octanol–water partition coefficient (Wildman–Crippen LogP) is 3.62. The monoisotopic (exact) mass is 328 g/mol. The van der Waals surface area contributed by atoms with Crippen LogP contribution in [-0.4, -0.2) is 26.5 Å². The molecule has 0 atom stereocenters. The standard InChI is InChI=1S/C19H24N2O3/c1-5-24-17-9-7-16(8-10-17)14(2)21-20-13-15-6-11-18(22-3)19(12-15)23-4/h6-12,20H,5,13H2,1-4H3/b21-14-. The van der Waals surface area contributed by atoms with Gasteiger partial charge >= 0.3 is 0 Å². The van der Waals surface area contributed by atoms with Crippen LogP contribution in [0.5, 0.6) is 17.2 Å². The number of ether oxygens (including phenoxy) is 3. The Labute approximate surface area is 143 Å². The average Bonchev–Trinajstić information content (AvgIpc) is 2.62. The highest BCUT2D eigenvalue weighted by molar-refractivity contribution is 5.98. The van der Waals surface area contributed by atoms with E-state index in [4.69, 9.17) is 14.2 Å². The summed E-state index contributed by atoms with van der Waals surface area (Å²) in [6.45, 7) is 5.21. The van der Waals surface area contributed by atoms with E-state index >= 15 is 0 Å². The molecule has 0 aliphatic heterocycles. The number of benzene rings is 2. The summed E-state index contributed by atoms with van der Waals surface area (Å²) in [7, 11) is 3.25. The minimum Gasteiger partial charge on any atom is -0.494 e. The second kappa shape index (κ2) is 8.82. The van der Waals surface area contributed by atoms with Crippen molar-refractivity contribution in [2.45, 2.75) is 20.4 Å². The molecule has 0 bridgehead atoms. The van der Waals surface area contributed by atoms with Gasteiger partial charge in [0.1, 0.15) is 5.75 Å². The molecule has 5 heteroatoms. The fraction of sp³-hybridized carbons (Fsp3) is 0.316. The summed E-state index contributed by atoms with van der Waals surface area (Å²) >= 11 is 0. The number of hydrogen-bond donors (Lipinski definition) is 1. The summed E-state index contributed by atoms with van der Waals surface area (Å²) in [4.78, 5) is 0. The third-order valence-corrected chi connectivity index (χ3v) is 3.56. The highest BCUT2D eigenvalue weighted by Gasteiger charge is 2.04. The molecule has 0 amide bonds. The zero-order valence-corrected chi connectivity index (χ0v) is 14.6. The van der Waals surface area contributed by atoms with Crippen LogP contribution in [0.3, 0.4) is 0 Å². The van der Waals surface area contributed by atoms with Gasteiger partial charge in [-0.1, -0.05) is 6.07 Å². The van der Waals surface area contributed by atoms with Gasteiger partial charge in [-0.05, 0) is 61.4 Å². The van der Waals surface area contributed by atoms with Crippen molar-refractivity contribution in [1.29, 1.82) is 0 Å². The van der Waals surface area contributed by atoms with Gasteiger partial charge in [0.25, 0.3) is 0 Å². The minimum absolute atomic E-state index is 0.606. The Balaban J connectivity index is 1.97. The lowest BCUT2D eigenvalue weighted by atomic mass is 10.1. The third-order valence-electron chi connectivity index (χ3n) is 3.56. The highest BCUT2D eigenvalue weighted by atomic mass is 16.5. The van der Waals surface area contributed by atoms with Crippen LogP contribution in [0.15, 0.2) is 47.6 Å². The van der Waals surface area contributed by atoms with Gasteiger partial charge in [0, 0.05) is 0 Å². The molecule has 0 saturated heterocycles. The first kappa shape index (κ1) is 17.7. The Morgan fingerprint density at radius 3 is 2.33 bits per heavy atom. The fourth-order valence-electron chi connectivity index (χ4n) is 2.26. The fourth-order valence-corrected chi connectivity index (χ4v) is 2.26. The lowest BCUT2D eigenvalue weighted by Gasteiger charge is -2.10. The van der Waals surface area contributed by atoms with Gasteiger partial charge in [-0.25, -0.2) is 0 Å². The number of hydrogen-bond acceptors (Lipinski definition) is 5. The molecule has 128 valence electrons. The van der Waals surface area contributed by atoms with Gasteiger partial charge in [0.2, 0.25) is 0 Å². The summed E-state index contributed by atoms with van der Waals surface area (Å²) in [5, 5.41) is 4.42. The van der Waals surface area contributed by atoms with Crippen molar-refractivity contribution in [3.63, 3.8) is 0 Å². The van der Waals surface area contributed by atoms with Crippen LogP contribution in [0, 0.1) is 0 Å². The maximum absolute atomic E-state index is 5.44. The SMILES string of the molecule is CCOc1ccc(/C(C)=N\NCc2ccc(OC)c(OC)c2)cc1. The lowest BCUT2D eigenvalue weighted by Crippen LogP contribution is -2.09. The number of hydrazone groups is 1. The van der Waals surface area contributed by atoms with Gasteiger partial charge < -0.3 is 19.6 Å². The number of nitrogens with one attached hydrogen (secondary N) is 1. The van der Waals surface area contributed by atoms with Crippen molar-refractivity contribution < 1.29 is 14.2 Å². The number of methoxy groups -OCH3 is 2. The second-order valence-corrected chi connectivity index (χ2v) is 5.18. The molecule has 0 aromatic heterocycles. The quantitative estimate of drug-likeness (QED) is 0.594. The molecule has 2 aromatic carbocycles. The highest BCUT2D eigenvalue weighted by Crippen LogP contribution is 2.27. The van der Waals surface area contributed by atoms with E-state index in [0.29, 0.717) is 18.9 Å². The first-order valence-corrected chi connectivity index (χ1v) is 7.89. The molecular formula is C19H24N2O3. The van der Waals surface area contributed by atoms with Crippen LogP contribution < -0.4 is 19.6 Å². The molecule has 24 heavy (non-hydrogen) atoms. The molecule has 5 nitrogen and oxygen atoms in total. The van der Waals surface area contributed by atoms with Crippen LogP contribution in [0.25, 0.3) is 0 Å². The normalized spacial score (nSPS) is 11.1. The first-order valence-electron chi connectivity index (χ1n) is 7.89. The van der Waals surface area contributed by atoms with Gasteiger partial charge in [-0.3, -0.25) is 0 Å². The summed E-state index contributed by atoms with van der Waals surface area (Å²) in [6.07, 6.45) is 0. The zero-order chi connectivity index (χ0) is 17.4. The minimum atomic E-state index is 0.606. The van der Waals surface area contributed by atoms with Crippen molar-refractivity contribution in [1.82, 2.24) is 5.43 Å². The molecule has 0 fully saturated rings. The van der Waals surface area contributed by atoms with Crippen LogP contribution in [0.1, 0.15) is 25.0 Å². The Bertz CT molecular complexity index is 682. The van der Waals surface area contributed by atoms with E-state index in [0.717, 1.165) is 28.3 Å². The van der Waals surface area contributed by atoms with E-state index in [9.17, 15) is 0 Å². The third kappa shape index (κ3) is 4.65. The summed E-state index contributed by atoms with van der Waals surface area (Å²) < 4.78 is 16.0. The molecule has 1 N–H and O–H groups in total. The maximum atomic E-state index is 5.44. The van der Waals surface area contributed by atoms with E-state index in [1.54, 1.807) is 14.2 Å².